The molecule has 1 saturated carbocycles. The first kappa shape index (κ1) is 21.8. The van der Waals surface area contributed by atoms with Gasteiger partial charge < -0.3 is 5.11 Å². The monoisotopic (exact) mass is 407 g/mol. The predicted octanol–water partition coefficient (Wildman–Crippen LogP) is 4.36. The highest BCUT2D eigenvalue weighted by Gasteiger charge is 2.32. The molecule has 0 radical (unpaired) electrons. The van der Waals surface area contributed by atoms with E-state index in [1.165, 1.54) is 19.3 Å². The second-order valence-corrected chi connectivity index (χ2v) is 8.29. The molecule has 0 amide bonds. The second-order valence-electron chi connectivity index (χ2n) is 8.29. The summed E-state index contributed by atoms with van der Waals surface area (Å²) in [6.07, 6.45) is 10.4. The van der Waals surface area contributed by atoms with E-state index in [0.717, 1.165) is 30.3 Å². The minimum Gasteiger partial charge on any atom is -0.494 e. The molecule has 0 unspecified atom stereocenters. The van der Waals surface area contributed by atoms with Crippen molar-refractivity contribution in [2.24, 2.45) is 11.8 Å². The Kier molecular flexibility index (Phi) is 7.04. The molecular formula is C24H29N3O3. The number of unbranched alkanes of at least 4 members (excludes halogenated alkanes) is 1. The third-order valence-electron chi connectivity index (χ3n) is 6.29. The number of rotatable bonds is 7. The lowest BCUT2D eigenvalue weighted by atomic mass is 9.76. The average molecular weight is 408 g/mol. The van der Waals surface area contributed by atoms with Gasteiger partial charge in [0.1, 0.15) is 11.6 Å². The van der Waals surface area contributed by atoms with Crippen molar-refractivity contribution in [3.8, 4) is 11.9 Å². The number of hydrogen-bond acceptors (Lipinski definition) is 5. The van der Waals surface area contributed by atoms with Gasteiger partial charge >= 0.3 is 0 Å². The number of pyridine rings is 2. The smallest absolute Gasteiger partial charge is 0.271 e. The molecule has 6 nitrogen and oxygen atoms in total. The van der Waals surface area contributed by atoms with E-state index in [2.05, 4.69) is 11.9 Å². The molecule has 1 N–H and O–H groups in total. The summed E-state index contributed by atoms with van der Waals surface area (Å²) in [6, 6.07) is 5.45. The van der Waals surface area contributed by atoms with Crippen LogP contribution in [0.25, 0.3) is 0 Å². The highest BCUT2D eigenvalue weighted by atomic mass is 16.3. The zero-order chi connectivity index (χ0) is 21.7. The van der Waals surface area contributed by atoms with Gasteiger partial charge in [0.15, 0.2) is 5.78 Å². The maximum atomic E-state index is 13.3. The molecule has 1 aliphatic rings. The topological polar surface area (TPSA) is 96.0 Å². The normalized spacial score (nSPS) is 18.7. The zero-order valence-electron chi connectivity index (χ0n) is 17.7. The summed E-state index contributed by atoms with van der Waals surface area (Å²) in [5.74, 6) is -0.0184. The van der Waals surface area contributed by atoms with Crippen molar-refractivity contribution in [3.63, 3.8) is 0 Å². The largest absolute Gasteiger partial charge is 0.494 e. The maximum absolute atomic E-state index is 13.3. The number of aromatic nitrogens is 2. The number of carbonyl (C=O) groups is 1. The van der Waals surface area contributed by atoms with Crippen LogP contribution in [0.4, 0.5) is 0 Å². The van der Waals surface area contributed by atoms with Gasteiger partial charge in [-0.15, -0.1) is 0 Å². The SMILES string of the molecule is CCCCC1CCC(C(=O)c2c(C)c(C#N)c(=O)n(Cc3cccnc3)c2O)CC1. The lowest BCUT2D eigenvalue weighted by molar-refractivity contribution is 0.0864. The molecule has 0 spiro atoms. The third-order valence-corrected chi connectivity index (χ3v) is 6.29. The Balaban J connectivity index is 1.93. The predicted molar refractivity (Wildman–Crippen MR) is 114 cm³/mol. The molecule has 0 atom stereocenters. The Labute approximate surface area is 177 Å². The lowest BCUT2D eigenvalue weighted by Gasteiger charge is -2.28. The van der Waals surface area contributed by atoms with Crippen LogP contribution in [0.2, 0.25) is 0 Å². The van der Waals surface area contributed by atoms with E-state index in [9.17, 15) is 20.0 Å². The first-order valence-electron chi connectivity index (χ1n) is 10.8. The highest BCUT2D eigenvalue weighted by molar-refractivity contribution is 6.01. The summed E-state index contributed by atoms with van der Waals surface area (Å²) in [5, 5.41) is 20.5. The molecule has 1 fully saturated rings. The fourth-order valence-electron chi connectivity index (χ4n) is 4.48. The van der Waals surface area contributed by atoms with Crippen molar-refractivity contribution in [2.45, 2.75) is 65.3 Å². The molecule has 0 aromatic carbocycles. The van der Waals surface area contributed by atoms with Gasteiger partial charge in [-0.05, 0) is 55.7 Å². The number of hydrogen-bond donors (Lipinski definition) is 1. The van der Waals surface area contributed by atoms with Gasteiger partial charge in [0.2, 0.25) is 5.88 Å². The molecule has 2 aromatic heterocycles. The van der Waals surface area contributed by atoms with Gasteiger partial charge in [-0.2, -0.15) is 5.26 Å². The van der Waals surface area contributed by atoms with Gasteiger partial charge in [-0.25, -0.2) is 0 Å². The number of ketones is 1. The van der Waals surface area contributed by atoms with Gasteiger partial charge in [-0.1, -0.05) is 32.3 Å². The van der Waals surface area contributed by atoms with Crippen molar-refractivity contribution < 1.29 is 9.90 Å². The molecule has 3 rings (SSSR count). The van der Waals surface area contributed by atoms with Crippen LogP contribution >= 0.6 is 0 Å². The molecule has 158 valence electrons. The van der Waals surface area contributed by atoms with Crippen molar-refractivity contribution >= 4 is 5.78 Å². The summed E-state index contributed by atoms with van der Waals surface area (Å²) in [6.45, 7) is 3.82. The van der Waals surface area contributed by atoms with Gasteiger partial charge in [-0.3, -0.25) is 19.1 Å². The quantitative estimate of drug-likeness (QED) is 0.688. The first-order chi connectivity index (χ1) is 14.5. The maximum Gasteiger partial charge on any atom is 0.271 e. The molecule has 6 heteroatoms. The number of carbonyl (C=O) groups excluding carboxylic acids is 1. The molecule has 0 saturated heterocycles. The van der Waals surface area contributed by atoms with Crippen LogP contribution in [0.15, 0.2) is 29.3 Å². The molecule has 0 bridgehead atoms. The van der Waals surface area contributed by atoms with Crippen LogP contribution < -0.4 is 5.56 Å². The van der Waals surface area contributed by atoms with Crippen LogP contribution in [-0.4, -0.2) is 20.4 Å². The van der Waals surface area contributed by atoms with Crippen LogP contribution in [0.3, 0.4) is 0 Å². The van der Waals surface area contributed by atoms with Crippen molar-refractivity contribution in [3.05, 3.63) is 57.1 Å². The van der Waals surface area contributed by atoms with E-state index < -0.39 is 5.56 Å². The van der Waals surface area contributed by atoms with E-state index >= 15 is 0 Å². The molecular weight excluding hydrogens is 378 g/mol. The van der Waals surface area contributed by atoms with Crippen LogP contribution in [0, 0.1) is 30.1 Å². The average Bonchev–Trinajstić information content (AvgIpc) is 2.76. The second kappa shape index (κ2) is 9.71. The number of Topliss-reactive ketones (excluding diaryl/α,β-unsaturated/α-hetero) is 1. The minimum absolute atomic E-state index is 0.0531. The van der Waals surface area contributed by atoms with Crippen LogP contribution in [0.1, 0.15) is 78.9 Å². The Bertz CT molecular complexity index is 997. The zero-order valence-corrected chi connectivity index (χ0v) is 17.7. The van der Waals surface area contributed by atoms with E-state index in [1.807, 2.05) is 6.07 Å². The van der Waals surface area contributed by atoms with Crippen LogP contribution in [0.5, 0.6) is 5.88 Å². The molecule has 2 aromatic rings. The summed E-state index contributed by atoms with van der Waals surface area (Å²) >= 11 is 0. The van der Waals surface area contributed by atoms with E-state index in [-0.39, 0.29) is 40.8 Å². The number of nitriles is 1. The Morgan fingerprint density at radius 3 is 2.67 bits per heavy atom. The van der Waals surface area contributed by atoms with Gasteiger partial charge in [0, 0.05) is 18.3 Å². The standard InChI is InChI=1S/C24H29N3O3/c1-3-4-6-17-8-10-19(11-9-17)22(28)21-16(2)20(13-25)23(29)27(24(21)30)15-18-7-5-12-26-14-18/h5,7,12,14,17,19,30H,3-4,6,8-11,15H2,1-2H3. The molecule has 1 aliphatic carbocycles. The lowest BCUT2D eigenvalue weighted by Crippen LogP contribution is -2.29. The number of aromatic hydroxyl groups is 1. The Hall–Kier alpha value is -2.94. The highest BCUT2D eigenvalue weighted by Crippen LogP contribution is 2.36. The van der Waals surface area contributed by atoms with Crippen molar-refractivity contribution in [1.29, 1.82) is 5.26 Å². The number of nitrogens with zero attached hydrogens (tertiary/aromatic N) is 3. The summed E-state index contributed by atoms with van der Waals surface area (Å²) < 4.78 is 1.11. The molecule has 30 heavy (non-hydrogen) atoms. The third kappa shape index (κ3) is 4.46. The summed E-state index contributed by atoms with van der Waals surface area (Å²) in [7, 11) is 0. The van der Waals surface area contributed by atoms with Crippen molar-refractivity contribution in [2.75, 3.05) is 0 Å². The van der Waals surface area contributed by atoms with E-state index in [1.54, 1.807) is 31.5 Å². The van der Waals surface area contributed by atoms with E-state index in [4.69, 9.17) is 0 Å². The first-order valence-corrected chi connectivity index (χ1v) is 10.8. The fourth-order valence-corrected chi connectivity index (χ4v) is 4.48. The molecule has 2 heterocycles. The fraction of sp³-hybridized carbons (Fsp3) is 0.500. The van der Waals surface area contributed by atoms with Crippen LogP contribution in [-0.2, 0) is 6.54 Å². The van der Waals surface area contributed by atoms with Gasteiger partial charge in [0.05, 0.1) is 12.1 Å². The van der Waals surface area contributed by atoms with E-state index in [0.29, 0.717) is 11.5 Å². The van der Waals surface area contributed by atoms with Crippen molar-refractivity contribution in [1.82, 2.24) is 9.55 Å². The Morgan fingerprint density at radius 1 is 1.33 bits per heavy atom. The summed E-state index contributed by atoms with van der Waals surface area (Å²) in [4.78, 5) is 30.2. The Morgan fingerprint density at radius 2 is 2.07 bits per heavy atom. The van der Waals surface area contributed by atoms with Gasteiger partial charge in [0.25, 0.3) is 5.56 Å². The summed E-state index contributed by atoms with van der Waals surface area (Å²) in [5.41, 5.74) is 0.429. The minimum atomic E-state index is -0.587. The molecule has 0 aliphatic heterocycles.